The summed E-state index contributed by atoms with van der Waals surface area (Å²) in [5.41, 5.74) is -0.515. The fourth-order valence-corrected chi connectivity index (χ4v) is 1.45. The molecule has 0 aromatic carbocycles. The summed E-state index contributed by atoms with van der Waals surface area (Å²) in [5, 5.41) is 2.71. The molecule has 5 heteroatoms. The second-order valence-electron chi connectivity index (χ2n) is 5.12. The highest BCUT2D eigenvalue weighted by atomic mass is 16.6. The van der Waals surface area contributed by atoms with Crippen LogP contribution in [0.15, 0.2) is 0 Å². The Kier molecular flexibility index (Phi) is 3.78. The van der Waals surface area contributed by atoms with Crippen molar-refractivity contribution in [3.63, 3.8) is 0 Å². The van der Waals surface area contributed by atoms with Gasteiger partial charge in [-0.2, -0.15) is 0 Å². The van der Waals surface area contributed by atoms with Gasteiger partial charge in [0.05, 0.1) is 12.5 Å². The zero-order chi connectivity index (χ0) is 12.3. The molecule has 1 heterocycles. The fourth-order valence-electron chi connectivity index (χ4n) is 1.45. The SMILES string of the molecule is C[C@H]1CC(=O)OC[C@@H]1NC(=O)OC(C)(C)C. The molecule has 1 aliphatic rings. The lowest BCUT2D eigenvalue weighted by atomic mass is 9.97. The molecular formula is C11H19NO4. The largest absolute Gasteiger partial charge is 0.463 e. The van der Waals surface area contributed by atoms with E-state index in [1.165, 1.54) is 0 Å². The summed E-state index contributed by atoms with van der Waals surface area (Å²) in [6.07, 6.45) is -0.136. The summed E-state index contributed by atoms with van der Waals surface area (Å²) in [6.45, 7) is 7.53. The highest BCUT2D eigenvalue weighted by molar-refractivity contribution is 5.72. The molecule has 1 fully saturated rings. The number of hydrogen-bond acceptors (Lipinski definition) is 4. The third-order valence-corrected chi connectivity index (χ3v) is 2.30. The molecule has 0 unspecified atom stereocenters. The molecule has 1 saturated heterocycles. The molecule has 1 amide bonds. The van der Waals surface area contributed by atoms with Gasteiger partial charge in [-0.15, -0.1) is 0 Å². The normalized spacial score (nSPS) is 25.9. The molecule has 0 aromatic rings. The van der Waals surface area contributed by atoms with Crippen LogP contribution in [0.5, 0.6) is 0 Å². The van der Waals surface area contributed by atoms with Crippen LogP contribution in [0.2, 0.25) is 0 Å². The predicted octanol–water partition coefficient (Wildman–Crippen LogP) is 1.46. The molecule has 5 nitrogen and oxygen atoms in total. The first-order chi connectivity index (χ1) is 7.28. The summed E-state index contributed by atoms with van der Waals surface area (Å²) >= 11 is 0. The first-order valence-corrected chi connectivity index (χ1v) is 5.43. The number of alkyl carbamates (subject to hydrolysis) is 1. The van der Waals surface area contributed by atoms with E-state index < -0.39 is 11.7 Å². The molecule has 0 radical (unpaired) electrons. The summed E-state index contributed by atoms with van der Waals surface area (Å²) < 4.78 is 10.0. The van der Waals surface area contributed by atoms with Gasteiger partial charge in [-0.25, -0.2) is 4.79 Å². The van der Waals surface area contributed by atoms with Crippen molar-refractivity contribution in [1.82, 2.24) is 5.32 Å². The average molecular weight is 229 g/mol. The Bertz CT molecular complexity index is 282. The van der Waals surface area contributed by atoms with E-state index in [4.69, 9.17) is 9.47 Å². The Morgan fingerprint density at radius 2 is 2.12 bits per heavy atom. The molecule has 0 aliphatic carbocycles. The number of rotatable bonds is 1. The van der Waals surface area contributed by atoms with Crippen LogP contribution in [0, 0.1) is 5.92 Å². The number of carbonyl (C=O) groups excluding carboxylic acids is 2. The monoisotopic (exact) mass is 229 g/mol. The number of hydrogen-bond donors (Lipinski definition) is 1. The van der Waals surface area contributed by atoms with Gasteiger partial charge in [-0.05, 0) is 26.7 Å². The maximum atomic E-state index is 11.5. The lowest BCUT2D eigenvalue weighted by Crippen LogP contribution is -2.48. The third-order valence-electron chi connectivity index (χ3n) is 2.30. The molecule has 16 heavy (non-hydrogen) atoms. The zero-order valence-electron chi connectivity index (χ0n) is 10.2. The van der Waals surface area contributed by atoms with E-state index >= 15 is 0 Å². The number of esters is 1. The molecule has 0 aromatic heterocycles. The Hall–Kier alpha value is -1.26. The highest BCUT2D eigenvalue weighted by Crippen LogP contribution is 2.16. The Balaban J connectivity index is 2.42. The van der Waals surface area contributed by atoms with E-state index in [1.807, 2.05) is 6.92 Å². The van der Waals surface area contributed by atoms with Crippen LogP contribution in [-0.4, -0.2) is 30.3 Å². The van der Waals surface area contributed by atoms with Gasteiger partial charge in [-0.3, -0.25) is 4.79 Å². The van der Waals surface area contributed by atoms with Crippen LogP contribution >= 0.6 is 0 Å². The maximum Gasteiger partial charge on any atom is 0.408 e. The number of carbonyl (C=O) groups is 2. The van der Waals surface area contributed by atoms with E-state index in [1.54, 1.807) is 20.8 Å². The van der Waals surface area contributed by atoms with Gasteiger partial charge in [0.25, 0.3) is 0 Å². The minimum atomic E-state index is -0.515. The van der Waals surface area contributed by atoms with Crippen LogP contribution in [0.4, 0.5) is 4.79 Å². The topological polar surface area (TPSA) is 64.6 Å². The smallest absolute Gasteiger partial charge is 0.408 e. The van der Waals surface area contributed by atoms with E-state index in [0.29, 0.717) is 6.42 Å². The first kappa shape index (κ1) is 12.8. The van der Waals surface area contributed by atoms with Gasteiger partial charge in [-0.1, -0.05) is 6.92 Å². The number of amides is 1. The van der Waals surface area contributed by atoms with Crippen molar-refractivity contribution >= 4 is 12.1 Å². The minimum absolute atomic E-state index is 0.0776. The van der Waals surface area contributed by atoms with Crippen molar-refractivity contribution in [2.75, 3.05) is 6.61 Å². The summed E-state index contributed by atoms with van der Waals surface area (Å²) in [7, 11) is 0. The lowest BCUT2D eigenvalue weighted by Gasteiger charge is -2.29. The van der Waals surface area contributed by atoms with Crippen molar-refractivity contribution in [2.24, 2.45) is 5.92 Å². The average Bonchev–Trinajstić information content (AvgIpc) is 2.06. The minimum Gasteiger partial charge on any atom is -0.463 e. The zero-order valence-corrected chi connectivity index (χ0v) is 10.2. The predicted molar refractivity (Wildman–Crippen MR) is 57.9 cm³/mol. The Labute approximate surface area is 95.5 Å². The summed E-state index contributed by atoms with van der Waals surface area (Å²) in [6, 6.07) is -0.160. The van der Waals surface area contributed by atoms with Crippen LogP contribution in [-0.2, 0) is 14.3 Å². The first-order valence-electron chi connectivity index (χ1n) is 5.43. The molecule has 92 valence electrons. The van der Waals surface area contributed by atoms with Gasteiger partial charge in [0, 0.05) is 0 Å². The highest BCUT2D eigenvalue weighted by Gasteiger charge is 2.29. The molecule has 1 rings (SSSR count). The van der Waals surface area contributed by atoms with E-state index in [-0.39, 0.29) is 24.5 Å². The lowest BCUT2D eigenvalue weighted by molar-refractivity contribution is -0.150. The maximum absolute atomic E-state index is 11.5. The van der Waals surface area contributed by atoms with Gasteiger partial charge < -0.3 is 14.8 Å². The van der Waals surface area contributed by atoms with E-state index in [0.717, 1.165) is 0 Å². The molecule has 0 spiro atoms. The third kappa shape index (κ3) is 4.08. The summed E-state index contributed by atoms with van der Waals surface area (Å²) in [5.74, 6) is -0.136. The van der Waals surface area contributed by atoms with Crippen molar-refractivity contribution in [3.05, 3.63) is 0 Å². The molecule has 1 N–H and O–H groups in total. The van der Waals surface area contributed by atoms with Gasteiger partial charge in [0.1, 0.15) is 12.2 Å². The van der Waals surface area contributed by atoms with Gasteiger partial charge in [0.15, 0.2) is 0 Å². The van der Waals surface area contributed by atoms with Crippen molar-refractivity contribution in [2.45, 2.75) is 45.8 Å². The number of nitrogens with one attached hydrogen (secondary N) is 1. The standard InChI is InChI=1S/C11H19NO4/c1-7-5-9(13)15-6-8(7)12-10(14)16-11(2,3)4/h7-8H,5-6H2,1-4H3,(H,12,14)/t7-,8-/m0/s1. The second-order valence-corrected chi connectivity index (χ2v) is 5.12. The fraction of sp³-hybridized carbons (Fsp3) is 0.818. The quantitative estimate of drug-likeness (QED) is 0.691. The van der Waals surface area contributed by atoms with Crippen LogP contribution < -0.4 is 5.32 Å². The van der Waals surface area contributed by atoms with Crippen LogP contribution in [0.1, 0.15) is 34.1 Å². The molecular weight excluding hydrogens is 210 g/mol. The van der Waals surface area contributed by atoms with E-state index in [2.05, 4.69) is 5.32 Å². The van der Waals surface area contributed by atoms with E-state index in [9.17, 15) is 9.59 Å². The van der Waals surface area contributed by atoms with Crippen LogP contribution in [0.3, 0.4) is 0 Å². The second kappa shape index (κ2) is 4.72. The number of ether oxygens (including phenoxy) is 2. The van der Waals surface area contributed by atoms with Gasteiger partial charge in [0.2, 0.25) is 0 Å². The Morgan fingerprint density at radius 1 is 1.50 bits per heavy atom. The number of cyclic esters (lactones) is 1. The summed E-state index contributed by atoms with van der Waals surface area (Å²) in [4.78, 5) is 22.4. The van der Waals surface area contributed by atoms with Crippen molar-refractivity contribution in [1.29, 1.82) is 0 Å². The van der Waals surface area contributed by atoms with Crippen LogP contribution in [0.25, 0.3) is 0 Å². The van der Waals surface area contributed by atoms with Crippen molar-refractivity contribution < 1.29 is 19.1 Å². The molecule has 0 bridgehead atoms. The molecule has 1 aliphatic heterocycles. The van der Waals surface area contributed by atoms with Crippen molar-refractivity contribution in [3.8, 4) is 0 Å². The molecule has 2 atom stereocenters. The van der Waals surface area contributed by atoms with Gasteiger partial charge >= 0.3 is 12.1 Å². The molecule has 0 saturated carbocycles. The Morgan fingerprint density at radius 3 is 2.62 bits per heavy atom.